The molecule has 0 radical (unpaired) electrons. The topological polar surface area (TPSA) is 77.3 Å². The van der Waals surface area contributed by atoms with Gasteiger partial charge in [-0.05, 0) is 249 Å². The van der Waals surface area contributed by atoms with E-state index in [1.165, 1.54) is 164 Å². The predicted molar refractivity (Wildman–Crippen MR) is 549 cm³/mol. The van der Waals surface area contributed by atoms with Gasteiger partial charge in [0.15, 0.2) is 11.6 Å². The molecule has 0 bridgehead atoms. The lowest BCUT2D eigenvalue weighted by molar-refractivity contribution is 0.660. The van der Waals surface area contributed by atoms with Gasteiger partial charge < -0.3 is 0 Å². The fraction of sp³-hybridized carbons (Fsp3) is 0.0720. The van der Waals surface area contributed by atoms with Crippen LogP contribution in [0.15, 0.2) is 413 Å². The van der Waals surface area contributed by atoms with Gasteiger partial charge in [0.2, 0.25) is 0 Å². The van der Waals surface area contributed by atoms with Crippen LogP contribution in [0, 0.1) is 0 Å². The molecule has 0 atom stereocenters. The molecule has 21 aromatic carbocycles. The Hall–Kier alpha value is -16.3. The van der Waals surface area contributed by atoms with Crippen LogP contribution in [0.3, 0.4) is 0 Å². The lowest BCUT2D eigenvalue weighted by Crippen LogP contribution is -2.15. The number of benzene rings is 21. The van der Waals surface area contributed by atoms with Crippen LogP contribution >= 0.6 is 0 Å². The van der Waals surface area contributed by atoms with Crippen LogP contribution < -0.4 is 0 Å². The molecule has 0 aliphatic heterocycles. The molecular formula is C125H86N6. The van der Waals surface area contributed by atoms with Crippen molar-refractivity contribution in [2.45, 2.75) is 57.8 Å². The summed E-state index contributed by atoms with van der Waals surface area (Å²) < 4.78 is 0. The zero-order valence-corrected chi connectivity index (χ0v) is 73.4. The van der Waals surface area contributed by atoms with E-state index in [9.17, 15) is 0 Å². The van der Waals surface area contributed by atoms with Crippen LogP contribution in [0.4, 0.5) is 0 Å². The van der Waals surface area contributed by atoms with Crippen molar-refractivity contribution < 1.29 is 0 Å². The van der Waals surface area contributed by atoms with Crippen molar-refractivity contribution in [3.63, 3.8) is 0 Å². The van der Waals surface area contributed by atoms with Gasteiger partial charge in [-0.25, -0.2) is 29.9 Å². The molecule has 0 unspecified atom stereocenters. The van der Waals surface area contributed by atoms with Crippen molar-refractivity contribution in [1.29, 1.82) is 0 Å². The summed E-state index contributed by atoms with van der Waals surface area (Å²) in [6.07, 6.45) is 0. The van der Waals surface area contributed by atoms with E-state index in [0.717, 1.165) is 101 Å². The number of nitrogens with zero attached hydrogens (tertiary/aromatic N) is 6. The second-order valence-electron chi connectivity index (χ2n) is 37.1. The number of fused-ring (bicyclic) bond motifs is 24. The Bertz CT molecular complexity index is 8930. The summed E-state index contributed by atoms with van der Waals surface area (Å²) in [7, 11) is 0. The Morgan fingerprint density at radius 1 is 0.145 bits per heavy atom. The van der Waals surface area contributed by atoms with Gasteiger partial charge in [0, 0.05) is 60.4 Å². The standard InChI is InChI=1S/C45H30N2.C43H30N2.C37H26N2/c1-45(2)39-26-30(20-22-36(39)38-23-27-11-3-4-12-28(27)25-40(38)45)44-43(46-41-17-9-10-18-42(41)47-44)29-19-21-35-33-15-6-5-13-31(33)32-14-7-8-16-34(32)37(35)24-29;1-43(2)38-26-34(21-22-35(38)37-24-31-11-5-6-12-32(31)25-39(37)43)41-36-13-7-8-14-40(36)44-42(45-41)29-18-15-28(16-19-29)33-20-17-27-9-3-4-10-30(27)23-33;1-37(2)32-13-7-5-11-29(32)30-20-18-26(22-33(30)37)36-38-34-14-8-6-12-31(34)35(39-36)25-17-19-28-24(21-25)16-15-23-9-3-4-10-27(23)28/h3-26H,1-2H3;3-26H,1-2H3;3-22H,1-2H3. The van der Waals surface area contributed by atoms with Gasteiger partial charge in [-0.3, -0.25) is 0 Å². The minimum Gasteiger partial charge on any atom is -0.244 e. The number of hydrogen-bond acceptors (Lipinski definition) is 6. The first-order valence-corrected chi connectivity index (χ1v) is 45.4. The van der Waals surface area contributed by atoms with Gasteiger partial charge in [-0.1, -0.05) is 369 Å². The lowest BCUT2D eigenvalue weighted by atomic mass is 9.81. The maximum absolute atomic E-state index is 5.32. The first kappa shape index (κ1) is 77.1. The summed E-state index contributed by atoms with van der Waals surface area (Å²) in [4.78, 5) is 31.2. The molecule has 3 aliphatic carbocycles. The Kier molecular flexibility index (Phi) is 17.6. The van der Waals surface area contributed by atoms with E-state index >= 15 is 0 Å². The van der Waals surface area contributed by atoms with Crippen LogP contribution in [0.2, 0.25) is 0 Å². The minimum absolute atomic E-state index is 0.0667. The first-order valence-electron chi connectivity index (χ1n) is 45.4. The highest BCUT2D eigenvalue weighted by Crippen LogP contribution is 2.55. The van der Waals surface area contributed by atoms with E-state index < -0.39 is 0 Å². The van der Waals surface area contributed by atoms with Crippen molar-refractivity contribution >= 4 is 119 Å². The SMILES string of the molecule is CC1(C)c2cc(-c3nc(-c4ccc(-c5ccc6ccccc6c5)cc4)nc4ccccc34)ccc2-c2cc3ccccc3cc21.CC1(C)c2cc(-c3nc4ccccc4nc3-c3ccc4c5ccccc5c5ccccc5c4c3)ccc2-c2cc3ccccc3cc21.CC1(C)c2ccccc2-c2ccc(-c3nc(-c4ccc5c(ccc6ccccc65)c4)c4ccccc4n3)cc21. The zero-order valence-electron chi connectivity index (χ0n) is 73.4. The number of para-hydroxylation sites is 4. The van der Waals surface area contributed by atoms with Crippen molar-refractivity contribution in [1.82, 2.24) is 29.9 Å². The fourth-order valence-electron chi connectivity index (χ4n) is 21.6. The highest BCUT2D eigenvalue weighted by molar-refractivity contribution is 6.26. The second kappa shape index (κ2) is 29.9. The van der Waals surface area contributed by atoms with E-state index in [2.05, 4.69) is 442 Å². The van der Waals surface area contributed by atoms with Crippen LogP contribution in [0.1, 0.15) is 74.9 Å². The maximum Gasteiger partial charge on any atom is 0.160 e. The number of hydrogen-bond donors (Lipinski definition) is 0. The Balaban J connectivity index is 0.000000106. The second-order valence-corrected chi connectivity index (χ2v) is 37.1. The molecule has 131 heavy (non-hydrogen) atoms. The summed E-state index contributed by atoms with van der Waals surface area (Å²) in [6, 6.07) is 149. The summed E-state index contributed by atoms with van der Waals surface area (Å²) in [6.45, 7) is 14.0. The lowest BCUT2D eigenvalue weighted by Gasteiger charge is -2.22. The highest BCUT2D eigenvalue weighted by atomic mass is 14.9. The van der Waals surface area contributed by atoms with E-state index in [4.69, 9.17) is 29.9 Å². The van der Waals surface area contributed by atoms with Crippen molar-refractivity contribution in [3.05, 3.63) is 446 Å². The molecule has 0 fully saturated rings. The first-order chi connectivity index (χ1) is 64.1. The maximum atomic E-state index is 5.32. The van der Waals surface area contributed by atoms with Crippen molar-refractivity contribution in [3.8, 4) is 112 Å². The van der Waals surface area contributed by atoms with Gasteiger partial charge in [0.25, 0.3) is 0 Å². The molecule has 27 rings (SSSR count). The molecule has 616 valence electrons. The molecule has 3 aromatic heterocycles. The smallest absolute Gasteiger partial charge is 0.160 e. The van der Waals surface area contributed by atoms with Gasteiger partial charge in [0.1, 0.15) is 0 Å². The molecule has 0 saturated heterocycles. The third-order valence-electron chi connectivity index (χ3n) is 28.5. The molecule has 0 amide bonds. The van der Waals surface area contributed by atoms with E-state index in [1.807, 2.05) is 12.1 Å². The Labute approximate surface area is 759 Å². The minimum atomic E-state index is -0.141. The van der Waals surface area contributed by atoms with E-state index in [-0.39, 0.29) is 16.2 Å². The average molecular weight is 1670 g/mol. The highest BCUT2D eigenvalue weighted by Gasteiger charge is 2.40. The molecule has 0 saturated carbocycles. The normalized spacial score (nSPS) is 13.5. The summed E-state index contributed by atoms with van der Waals surface area (Å²) in [5.41, 5.74) is 32.0. The molecule has 6 nitrogen and oxygen atoms in total. The largest absolute Gasteiger partial charge is 0.244 e. The molecule has 24 aromatic rings. The molecule has 0 spiro atoms. The van der Waals surface area contributed by atoms with Gasteiger partial charge in [-0.15, -0.1) is 0 Å². The number of rotatable bonds is 7. The van der Waals surface area contributed by atoms with Crippen LogP contribution in [0.25, 0.3) is 231 Å². The molecule has 3 aliphatic rings. The molecule has 0 N–H and O–H groups in total. The van der Waals surface area contributed by atoms with Crippen LogP contribution in [0.5, 0.6) is 0 Å². The quantitative estimate of drug-likeness (QED) is 0.148. The van der Waals surface area contributed by atoms with Gasteiger partial charge >= 0.3 is 0 Å². The summed E-state index contributed by atoms with van der Waals surface area (Å²) in [5, 5.41) is 22.3. The molecule has 6 heteroatoms. The number of aromatic nitrogens is 6. The molecular weight excluding hydrogens is 1590 g/mol. The monoisotopic (exact) mass is 1670 g/mol. The summed E-state index contributed by atoms with van der Waals surface area (Å²) >= 11 is 0. The van der Waals surface area contributed by atoms with E-state index in [0.29, 0.717) is 0 Å². The van der Waals surface area contributed by atoms with Crippen LogP contribution in [-0.2, 0) is 16.2 Å². The molecule has 3 heterocycles. The van der Waals surface area contributed by atoms with E-state index in [1.54, 1.807) is 0 Å². The Morgan fingerprint density at radius 3 is 1.02 bits per heavy atom. The summed E-state index contributed by atoms with van der Waals surface area (Å²) in [5.74, 6) is 1.50. The Morgan fingerprint density at radius 2 is 0.458 bits per heavy atom. The van der Waals surface area contributed by atoms with Gasteiger partial charge in [0.05, 0.1) is 44.8 Å². The third-order valence-corrected chi connectivity index (χ3v) is 28.5. The zero-order chi connectivity index (χ0) is 87.5. The van der Waals surface area contributed by atoms with Crippen molar-refractivity contribution in [2.24, 2.45) is 0 Å². The van der Waals surface area contributed by atoms with Crippen molar-refractivity contribution in [2.75, 3.05) is 0 Å². The third kappa shape index (κ3) is 12.7. The van der Waals surface area contributed by atoms with Gasteiger partial charge in [-0.2, -0.15) is 0 Å². The average Bonchev–Trinajstić information content (AvgIpc) is 1.46. The fourth-order valence-corrected chi connectivity index (χ4v) is 21.6. The predicted octanol–water partition coefficient (Wildman–Crippen LogP) is 32.7. The van der Waals surface area contributed by atoms with Crippen LogP contribution in [-0.4, -0.2) is 29.9 Å².